The Morgan fingerprint density at radius 2 is 2.07 bits per heavy atom. The van der Waals surface area contributed by atoms with Crippen molar-refractivity contribution >= 4 is 11.1 Å². The Morgan fingerprint density at radius 1 is 1.07 bits per heavy atom. The van der Waals surface area contributed by atoms with Gasteiger partial charge in [0.15, 0.2) is 5.58 Å². The van der Waals surface area contributed by atoms with Gasteiger partial charge in [0.05, 0.1) is 5.69 Å². The van der Waals surface area contributed by atoms with Gasteiger partial charge in [-0.2, -0.15) is 0 Å². The Labute approximate surface area is 86.4 Å². The Bertz CT molecular complexity index is 587. The summed E-state index contributed by atoms with van der Waals surface area (Å²) >= 11 is 0. The molecule has 0 N–H and O–H groups in total. The monoisotopic (exact) mass is 195 g/mol. The van der Waals surface area contributed by atoms with E-state index in [4.69, 9.17) is 4.42 Å². The van der Waals surface area contributed by atoms with Crippen molar-refractivity contribution in [3.8, 4) is 11.3 Å². The van der Waals surface area contributed by atoms with E-state index >= 15 is 0 Å². The molecule has 0 bridgehead atoms. The number of hydrogen-bond donors (Lipinski definition) is 0. The van der Waals surface area contributed by atoms with E-state index in [1.807, 2.05) is 36.4 Å². The highest BCUT2D eigenvalue weighted by atomic mass is 16.3. The van der Waals surface area contributed by atoms with E-state index in [1.165, 1.54) is 0 Å². The van der Waals surface area contributed by atoms with E-state index in [0.717, 1.165) is 22.4 Å². The summed E-state index contributed by atoms with van der Waals surface area (Å²) in [4.78, 5) is 8.35. The van der Waals surface area contributed by atoms with Crippen molar-refractivity contribution in [3.63, 3.8) is 0 Å². The van der Waals surface area contributed by atoms with Gasteiger partial charge in [-0.15, -0.1) is 0 Å². The van der Waals surface area contributed by atoms with Crippen molar-refractivity contribution in [2.24, 2.45) is 0 Å². The van der Waals surface area contributed by atoms with E-state index in [-0.39, 0.29) is 0 Å². The van der Waals surface area contributed by atoms with Gasteiger partial charge in [0.2, 0.25) is 0 Å². The van der Waals surface area contributed by atoms with Crippen LogP contribution in [-0.2, 0) is 0 Å². The molecule has 0 amide bonds. The standard InChI is InChI=1S/C12H7N2O/c1-2-7-13-10(5-1)9-4-3-6-11-12(9)14-8-15-11/h1-7H. The molecule has 0 fully saturated rings. The lowest BCUT2D eigenvalue weighted by Crippen LogP contribution is -1.83. The zero-order valence-electron chi connectivity index (χ0n) is 7.84. The van der Waals surface area contributed by atoms with Crippen LogP contribution in [0.3, 0.4) is 0 Å². The number of fused-ring (bicyclic) bond motifs is 1. The van der Waals surface area contributed by atoms with E-state index in [9.17, 15) is 0 Å². The molecule has 1 aromatic carbocycles. The van der Waals surface area contributed by atoms with Crippen LogP contribution in [0.4, 0.5) is 0 Å². The first-order valence-corrected chi connectivity index (χ1v) is 4.62. The molecule has 0 saturated carbocycles. The molecule has 0 aliphatic heterocycles. The zero-order chi connectivity index (χ0) is 10.1. The van der Waals surface area contributed by atoms with Gasteiger partial charge in [-0.25, -0.2) is 4.98 Å². The van der Waals surface area contributed by atoms with Crippen LogP contribution in [0.5, 0.6) is 0 Å². The number of para-hydroxylation sites is 1. The van der Waals surface area contributed by atoms with Crippen LogP contribution in [0.25, 0.3) is 22.4 Å². The summed E-state index contributed by atoms with van der Waals surface area (Å²) in [5.74, 6) is 0. The molecule has 3 nitrogen and oxygen atoms in total. The van der Waals surface area contributed by atoms with Crippen molar-refractivity contribution in [1.82, 2.24) is 9.97 Å². The third-order valence-corrected chi connectivity index (χ3v) is 2.25. The van der Waals surface area contributed by atoms with Crippen LogP contribution in [0.2, 0.25) is 0 Å². The van der Waals surface area contributed by atoms with E-state index in [2.05, 4.69) is 16.4 Å². The average molecular weight is 195 g/mol. The van der Waals surface area contributed by atoms with Crippen LogP contribution in [0, 0.1) is 6.39 Å². The second kappa shape index (κ2) is 3.20. The summed E-state index contributed by atoms with van der Waals surface area (Å²) in [7, 11) is 0. The first-order valence-electron chi connectivity index (χ1n) is 4.62. The van der Waals surface area contributed by atoms with Gasteiger partial charge in [0.25, 0.3) is 6.39 Å². The number of rotatable bonds is 1. The normalized spacial score (nSPS) is 10.7. The highest BCUT2D eigenvalue weighted by molar-refractivity contribution is 5.89. The fraction of sp³-hybridized carbons (Fsp3) is 0. The Kier molecular flexibility index (Phi) is 1.75. The number of pyridine rings is 1. The molecular formula is C12H7N2O. The number of benzene rings is 1. The largest absolute Gasteiger partial charge is 0.432 e. The quantitative estimate of drug-likeness (QED) is 0.599. The van der Waals surface area contributed by atoms with Crippen molar-refractivity contribution in [2.45, 2.75) is 0 Å². The van der Waals surface area contributed by atoms with Gasteiger partial charge >= 0.3 is 0 Å². The van der Waals surface area contributed by atoms with E-state index < -0.39 is 0 Å². The molecule has 1 radical (unpaired) electrons. The average Bonchev–Trinajstić information content (AvgIpc) is 2.78. The lowest BCUT2D eigenvalue weighted by Gasteiger charge is -1.99. The number of oxazole rings is 1. The molecule has 2 aromatic heterocycles. The molecule has 3 heteroatoms. The molecule has 0 aliphatic carbocycles. The van der Waals surface area contributed by atoms with Crippen LogP contribution in [-0.4, -0.2) is 9.97 Å². The van der Waals surface area contributed by atoms with E-state index in [1.54, 1.807) is 6.20 Å². The van der Waals surface area contributed by atoms with Gasteiger partial charge in [-0.3, -0.25) is 4.98 Å². The molecule has 71 valence electrons. The molecular weight excluding hydrogens is 188 g/mol. The smallest absolute Gasteiger partial charge is 0.284 e. The molecule has 3 rings (SSSR count). The molecule has 0 spiro atoms. The minimum atomic E-state index is 0.734. The zero-order valence-corrected chi connectivity index (χ0v) is 7.84. The minimum absolute atomic E-state index is 0.734. The van der Waals surface area contributed by atoms with Gasteiger partial charge in [-0.05, 0) is 18.2 Å². The Morgan fingerprint density at radius 3 is 2.93 bits per heavy atom. The van der Waals surface area contributed by atoms with Gasteiger partial charge < -0.3 is 4.42 Å². The first-order chi connectivity index (χ1) is 7.45. The predicted molar refractivity (Wildman–Crippen MR) is 56.1 cm³/mol. The lowest BCUT2D eigenvalue weighted by molar-refractivity contribution is 0.591. The topological polar surface area (TPSA) is 38.9 Å². The molecule has 2 heterocycles. The summed E-state index contributed by atoms with van der Waals surface area (Å²) in [6.07, 6.45) is 4.26. The van der Waals surface area contributed by atoms with Gasteiger partial charge in [-0.1, -0.05) is 18.2 Å². The maximum Gasteiger partial charge on any atom is 0.284 e. The van der Waals surface area contributed by atoms with E-state index in [0.29, 0.717) is 0 Å². The lowest BCUT2D eigenvalue weighted by atomic mass is 10.1. The van der Waals surface area contributed by atoms with Crippen LogP contribution >= 0.6 is 0 Å². The van der Waals surface area contributed by atoms with Gasteiger partial charge in [0, 0.05) is 11.8 Å². The SMILES string of the molecule is [c]1nc2c(-c3ccccn3)cccc2o1. The van der Waals surface area contributed by atoms with Gasteiger partial charge in [0.1, 0.15) is 5.52 Å². The molecule has 0 saturated heterocycles. The summed E-state index contributed by atoms with van der Waals surface area (Å²) in [6, 6.07) is 11.5. The number of hydrogen-bond acceptors (Lipinski definition) is 3. The fourth-order valence-corrected chi connectivity index (χ4v) is 1.57. The van der Waals surface area contributed by atoms with Crippen LogP contribution in [0.15, 0.2) is 47.0 Å². The number of aromatic nitrogens is 2. The molecule has 0 aliphatic rings. The second-order valence-corrected chi connectivity index (χ2v) is 3.17. The summed E-state index contributed by atoms with van der Waals surface area (Å²) in [5.41, 5.74) is 3.40. The maximum atomic E-state index is 5.12. The summed E-state index contributed by atoms with van der Waals surface area (Å²) in [6.45, 7) is 0. The van der Waals surface area contributed by atoms with Crippen LogP contribution < -0.4 is 0 Å². The molecule has 3 aromatic rings. The predicted octanol–water partition coefficient (Wildman–Crippen LogP) is 2.69. The first kappa shape index (κ1) is 8.17. The third kappa shape index (κ3) is 1.29. The van der Waals surface area contributed by atoms with Crippen molar-refractivity contribution in [2.75, 3.05) is 0 Å². The fourth-order valence-electron chi connectivity index (χ4n) is 1.57. The summed E-state index contributed by atoms with van der Waals surface area (Å²) in [5, 5.41) is 0. The second-order valence-electron chi connectivity index (χ2n) is 3.17. The Balaban J connectivity index is 2.31. The number of nitrogens with zero attached hydrogens (tertiary/aromatic N) is 2. The molecule has 15 heavy (non-hydrogen) atoms. The Hall–Kier alpha value is -2.16. The molecule has 0 unspecified atom stereocenters. The van der Waals surface area contributed by atoms with Crippen molar-refractivity contribution < 1.29 is 4.42 Å². The molecule has 0 atom stereocenters. The highest BCUT2D eigenvalue weighted by Crippen LogP contribution is 2.25. The van der Waals surface area contributed by atoms with Crippen molar-refractivity contribution in [1.29, 1.82) is 0 Å². The highest BCUT2D eigenvalue weighted by Gasteiger charge is 2.07. The van der Waals surface area contributed by atoms with Crippen LogP contribution in [0.1, 0.15) is 0 Å². The third-order valence-electron chi connectivity index (χ3n) is 2.25. The maximum absolute atomic E-state index is 5.12. The minimum Gasteiger partial charge on any atom is -0.432 e. The summed E-state index contributed by atoms with van der Waals surface area (Å²) < 4.78 is 5.12. The van der Waals surface area contributed by atoms with Crippen molar-refractivity contribution in [3.05, 3.63) is 49.0 Å².